The summed E-state index contributed by atoms with van der Waals surface area (Å²) in [5.74, 6) is -0.0481. The number of rotatable bonds is 5. The Balaban J connectivity index is 1.38. The standard InChI is InChI=1S/C30H23N5O2S/c1-17-9-11-19(12-10-17)23-15-24(22-8-4-6-18-5-2-3-7-21(18)22)32-30-26(23)27(31)28(38-30)29(36)33-25-16-35(34-37-25)20-13-14-20/h2-12,15-16,20H,13-14H2,1H3,(H2-,31,33,34,36)/p+1. The van der Waals surface area contributed by atoms with Crippen LogP contribution < -0.4 is 15.7 Å². The Morgan fingerprint density at radius 2 is 1.84 bits per heavy atom. The average molecular weight is 519 g/mol. The molecule has 3 aromatic heterocycles. The van der Waals surface area contributed by atoms with E-state index in [0.29, 0.717) is 27.3 Å². The summed E-state index contributed by atoms with van der Waals surface area (Å²) in [5, 5.41) is 9.86. The number of nitrogens with two attached hydrogens (primary N) is 1. The van der Waals surface area contributed by atoms with Crippen LogP contribution in [0.1, 0.15) is 34.1 Å². The van der Waals surface area contributed by atoms with Crippen LogP contribution in [-0.4, -0.2) is 16.2 Å². The van der Waals surface area contributed by atoms with Crippen LogP contribution in [0, 0.1) is 6.92 Å². The Labute approximate surface area is 222 Å². The molecule has 3 N–H and O–H groups in total. The van der Waals surface area contributed by atoms with Gasteiger partial charge in [-0.15, -0.1) is 11.3 Å². The van der Waals surface area contributed by atoms with Crippen molar-refractivity contribution in [2.24, 2.45) is 0 Å². The average Bonchev–Trinajstić information content (AvgIpc) is 3.59. The van der Waals surface area contributed by atoms with Gasteiger partial charge in [0.25, 0.3) is 12.1 Å². The Kier molecular flexibility index (Phi) is 5.23. The van der Waals surface area contributed by atoms with E-state index in [0.717, 1.165) is 51.4 Å². The van der Waals surface area contributed by atoms with Crippen LogP contribution in [0.3, 0.4) is 0 Å². The lowest BCUT2D eigenvalue weighted by atomic mass is 9.96. The van der Waals surface area contributed by atoms with E-state index in [1.165, 1.54) is 16.9 Å². The second-order valence-corrected chi connectivity index (χ2v) is 10.7. The fourth-order valence-corrected chi connectivity index (χ4v) is 5.85. The molecule has 0 spiro atoms. The first-order valence-electron chi connectivity index (χ1n) is 12.5. The molecule has 6 aromatic rings. The van der Waals surface area contributed by atoms with Crippen LogP contribution in [0.15, 0.2) is 83.5 Å². The summed E-state index contributed by atoms with van der Waals surface area (Å²) in [6.07, 6.45) is 3.86. The number of fused-ring (bicyclic) bond motifs is 2. The lowest BCUT2D eigenvalue weighted by Gasteiger charge is -2.11. The number of thiophene rings is 1. The van der Waals surface area contributed by atoms with E-state index in [9.17, 15) is 4.79 Å². The zero-order valence-corrected chi connectivity index (χ0v) is 21.5. The number of anilines is 2. The third kappa shape index (κ3) is 3.90. The first kappa shape index (κ1) is 22.6. The van der Waals surface area contributed by atoms with Gasteiger partial charge in [0, 0.05) is 23.8 Å². The van der Waals surface area contributed by atoms with Gasteiger partial charge in [-0.05, 0) is 39.6 Å². The van der Waals surface area contributed by atoms with Crippen molar-refractivity contribution < 1.29 is 14.0 Å². The molecule has 0 saturated heterocycles. The molecule has 0 aliphatic heterocycles. The normalized spacial score (nSPS) is 13.3. The Morgan fingerprint density at radius 3 is 2.66 bits per heavy atom. The largest absolute Gasteiger partial charge is 0.397 e. The number of carbonyl (C=O) groups excluding carboxylic acids is 1. The lowest BCUT2D eigenvalue weighted by Crippen LogP contribution is -2.32. The van der Waals surface area contributed by atoms with E-state index >= 15 is 0 Å². The molecule has 0 atom stereocenters. The molecule has 8 heteroatoms. The number of nitrogens with zero attached hydrogens (tertiary/aromatic N) is 3. The molecule has 3 aromatic carbocycles. The van der Waals surface area contributed by atoms with Crippen LogP contribution in [0.4, 0.5) is 11.6 Å². The Bertz CT molecular complexity index is 1850. The quantitative estimate of drug-likeness (QED) is 0.253. The molecule has 186 valence electrons. The van der Waals surface area contributed by atoms with Crippen molar-refractivity contribution in [3.8, 4) is 22.4 Å². The summed E-state index contributed by atoms with van der Waals surface area (Å²) in [5.41, 5.74) is 12.1. The fraction of sp³-hybridized carbons (Fsp3) is 0.133. The highest BCUT2D eigenvalue weighted by Gasteiger charge is 2.36. The van der Waals surface area contributed by atoms with Crippen molar-refractivity contribution in [1.82, 2.24) is 10.3 Å². The highest BCUT2D eigenvalue weighted by Crippen LogP contribution is 2.42. The third-order valence-corrected chi connectivity index (χ3v) is 8.07. The molecule has 1 aliphatic carbocycles. The van der Waals surface area contributed by atoms with Gasteiger partial charge in [-0.3, -0.25) is 14.6 Å². The van der Waals surface area contributed by atoms with E-state index in [2.05, 4.69) is 72.1 Å². The van der Waals surface area contributed by atoms with E-state index in [1.807, 2.05) is 18.2 Å². The molecule has 1 amide bonds. The van der Waals surface area contributed by atoms with Gasteiger partial charge in [0.1, 0.15) is 9.71 Å². The van der Waals surface area contributed by atoms with Crippen LogP contribution in [-0.2, 0) is 0 Å². The second-order valence-electron chi connectivity index (χ2n) is 9.70. The summed E-state index contributed by atoms with van der Waals surface area (Å²) in [6, 6.07) is 25.2. The summed E-state index contributed by atoms with van der Waals surface area (Å²) < 4.78 is 7.07. The van der Waals surface area contributed by atoms with Crippen LogP contribution in [0.5, 0.6) is 0 Å². The Hall–Kier alpha value is -4.56. The molecular formula is C30H24N5O2S+. The van der Waals surface area contributed by atoms with Gasteiger partial charge >= 0.3 is 5.88 Å². The van der Waals surface area contributed by atoms with Gasteiger partial charge in [-0.2, -0.15) is 0 Å². The molecule has 1 aliphatic rings. The van der Waals surface area contributed by atoms with Gasteiger partial charge < -0.3 is 5.73 Å². The highest BCUT2D eigenvalue weighted by molar-refractivity contribution is 7.21. The van der Waals surface area contributed by atoms with Crippen molar-refractivity contribution in [2.45, 2.75) is 25.8 Å². The van der Waals surface area contributed by atoms with Crippen molar-refractivity contribution in [1.29, 1.82) is 0 Å². The van der Waals surface area contributed by atoms with E-state index < -0.39 is 0 Å². The minimum Gasteiger partial charge on any atom is -0.397 e. The van der Waals surface area contributed by atoms with Gasteiger partial charge in [-0.1, -0.05) is 72.3 Å². The van der Waals surface area contributed by atoms with Crippen LogP contribution >= 0.6 is 11.3 Å². The number of pyridine rings is 1. The van der Waals surface area contributed by atoms with E-state index in [1.54, 1.807) is 10.9 Å². The summed E-state index contributed by atoms with van der Waals surface area (Å²) in [6.45, 7) is 2.06. The zero-order valence-electron chi connectivity index (χ0n) is 20.6. The minimum absolute atomic E-state index is 0.293. The maximum Gasteiger partial charge on any atom is 0.302 e. The van der Waals surface area contributed by atoms with Gasteiger partial charge in [0.05, 0.1) is 11.4 Å². The maximum absolute atomic E-state index is 13.3. The molecule has 7 nitrogen and oxygen atoms in total. The number of benzene rings is 3. The molecule has 1 fully saturated rings. The zero-order chi connectivity index (χ0) is 25.8. The fourth-order valence-electron chi connectivity index (χ4n) is 4.83. The van der Waals surface area contributed by atoms with Crippen LogP contribution in [0.2, 0.25) is 0 Å². The number of aromatic nitrogens is 3. The van der Waals surface area contributed by atoms with Crippen molar-refractivity contribution in [2.75, 3.05) is 11.1 Å². The minimum atomic E-state index is -0.342. The molecule has 38 heavy (non-hydrogen) atoms. The monoisotopic (exact) mass is 518 g/mol. The predicted octanol–water partition coefficient (Wildman–Crippen LogP) is 6.54. The molecule has 0 bridgehead atoms. The highest BCUT2D eigenvalue weighted by atomic mass is 32.1. The maximum atomic E-state index is 13.3. The van der Waals surface area contributed by atoms with Gasteiger partial charge in [0.15, 0.2) is 6.04 Å². The molecule has 7 rings (SSSR count). The molecule has 1 saturated carbocycles. The smallest absolute Gasteiger partial charge is 0.302 e. The lowest BCUT2D eigenvalue weighted by molar-refractivity contribution is -0.765. The number of carbonyl (C=O) groups is 1. The number of aryl methyl sites for hydroxylation is 1. The van der Waals surface area contributed by atoms with E-state index in [-0.39, 0.29) is 5.91 Å². The number of nitrogen functional groups attached to an aromatic ring is 1. The first-order chi connectivity index (χ1) is 18.5. The van der Waals surface area contributed by atoms with Crippen molar-refractivity contribution >= 4 is 49.8 Å². The summed E-state index contributed by atoms with van der Waals surface area (Å²) in [7, 11) is 0. The molecule has 0 unspecified atom stereocenters. The van der Waals surface area contributed by atoms with Crippen molar-refractivity contribution in [3.63, 3.8) is 0 Å². The summed E-state index contributed by atoms with van der Waals surface area (Å²) in [4.78, 5) is 19.4. The topological polar surface area (TPSA) is 97.9 Å². The second kappa shape index (κ2) is 8.78. The number of amides is 1. The summed E-state index contributed by atoms with van der Waals surface area (Å²) >= 11 is 1.29. The predicted molar refractivity (Wildman–Crippen MR) is 150 cm³/mol. The molecule has 0 radical (unpaired) electrons. The van der Waals surface area contributed by atoms with Crippen LogP contribution in [0.25, 0.3) is 43.4 Å². The third-order valence-electron chi connectivity index (χ3n) is 6.97. The van der Waals surface area contributed by atoms with Gasteiger partial charge in [0.2, 0.25) is 5.27 Å². The first-order valence-corrected chi connectivity index (χ1v) is 13.3. The van der Waals surface area contributed by atoms with Crippen molar-refractivity contribution in [3.05, 3.63) is 89.4 Å². The SMILES string of the molecule is Cc1ccc(-c2cc(-c3cccc4ccccc34)nc3sc(C(=O)Nc4c[n+](C5CC5)no4)c(N)c23)cc1. The Morgan fingerprint density at radius 1 is 1.05 bits per heavy atom. The number of hydrogen-bond donors (Lipinski definition) is 2. The molecular weight excluding hydrogens is 494 g/mol. The van der Waals surface area contributed by atoms with E-state index in [4.69, 9.17) is 15.2 Å². The van der Waals surface area contributed by atoms with Gasteiger partial charge in [-0.25, -0.2) is 4.98 Å². The number of nitrogens with one attached hydrogen (secondary N) is 1. The number of hydrogen-bond acceptors (Lipinski definition) is 6. The molecule has 3 heterocycles.